The zero-order valence-corrected chi connectivity index (χ0v) is 8.80. The summed E-state index contributed by atoms with van der Waals surface area (Å²) in [5, 5.41) is 10.0. The minimum absolute atomic E-state index is 0.378. The second kappa shape index (κ2) is 4.83. The van der Waals surface area contributed by atoms with Gasteiger partial charge >= 0.3 is 0 Å². The Hall–Kier alpha value is -0.0800. The highest BCUT2D eigenvalue weighted by atomic mass is 16.3. The molecule has 12 heavy (non-hydrogen) atoms. The van der Waals surface area contributed by atoms with E-state index in [9.17, 15) is 5.11 Å². The van der Waals surface area contributed by atoms with E-state index in [1.165, 1.54) is 0 Å². The Kier molecular flexibility index (Phi) is 4.80. The molecule has 0 atom stereocenters. The third kappa shape index (κ3) is 4.73. The van der Waals surface area contributed by atoms with Gasteiger partial charge in [-0.25, -0.2) is 0 Å². The molecule has 0 aliphatic heterocycles. The van der Waals surface area contributed by atoms with Gasteiger partial charge in [-0.15, -0.1) is 0 Å². The van der Waals surface area contributed by atoms with E-state index in [1.807, 2.05) is 0 Å². The molecule has 3 N–H and O–H groups in total. The van der Waals surface area contributed by atoms with Gasteiger partial charge in [0, 0.05) is 6.54 Å². The molecule has 0 amide bonds. The Morgan fingerprint density at radius 3 is 1.58 bits per heavy atom. The summed E-state index contributed by atoms with van der Waals surface area (Å²) in [7, 11) is 0. The highest BCUT2D eigenvalue weighted by Crippen LogP contribution is 2.23. The first-order chi connectivity index (χ1) is 5.39. The molecule has 0 rings (SSSR count). The lowest BCUT2D eigenvalue weighted by Gasteiger charge is -2.30. The monoisotopic (exact) mass is 173 g/mol. The molecule has 0 saturated carbocycles. The van der Waals surface area contributed by atoms with Crippen molar-refractivity contribution in [3.05, 3.63) is 0 Å². The summed E-state index contributed by atoms with van der Waals surface area (Å²) in [6.07, 6.45) is 1.61. The SMILES string of the molecule is CC(C)CC(O)(CN)CC(C)C. The van der Waals surface area contributed by atoms with E-state index in [1.54, 1.807) is 0 Å². The van der Waals surface area contributed by atoms with Crippen molar-refractivity contribution in [3.8, 4) is 0 Å². The molecule has 0 saturated heterocycles. The molecular weight excluding hydrogens is 150 g/mol. The van der Waals surface area contributed by atoms with Crippen LogP contribution in [0.1, 0.15) is 40.5 Å². The normalized spacial score (nSPS) is 13.0. The first-order valence-corrected chi connectivity index (χ1v) is 4.82. The predicted octanol–water partition coefficient (Wildman–Crippen LogP) is 1.77. The average Bonchev–Trinajstić information content (AvgIpc) is 1.83. The quantitative estimate of drug-likeness (QED) is 0.665. The van der Waals surface area contributed by atoms with Crippen molar-refractivity contribution < 1.29 is 5.11 Å². The minimum Gasteiger partial charge on any atom is -0.389 e. The topological polar surface area (TPSA) is 46.2 Å². The molecule has 0 fully saturated rings. The molecule has 0 aromatic heterocycles. The summed E-state index contributed by atoms with van der Waals surface area (Å²) in [5.74, 6) is 1.02. The Balaban J connectivity index is 4.04. The van der Waals surface area contributed by atoms with Crippen molar-refractivity contribution in [2.24, 2.45) is 17.6 Å². The molecule has 0 aromatic carbocycles. The molecule has 0 aliphatic carbocycles. The van der Waals surface area contributed by atoms with Crippen LogP contribution in [-0.4, -0.2) is 17.3 Å². The van der Waals surface area contributed by atoms with Gasteiger partial charge in [0.1, 0.15) is 0 Å². The van der Waals surface area contributed by atoms with Crippen LogP contribution >= 0.6 is 0 Å². The Bertz CT molecular complexity index is 111. The third-order valence-electron chi connectivity index (χ3n) is 1.96. The van der Waals surface area contributed by atoms with E-state index in [4.69, 9.17) is 5.73 Å². The summed E-state index contributed by atoms with van der Waals surface area (Å²) in [4.78, 5) is 0. The fourth-order valence-electron chi connectivity index (χ4n) is 1.77. The molecular formula is C10H23NO. The van der Waals surface area contributed by atoms with Crippen LogP contribution in [0.3, 0.4) is 0 Å². The van der Waals surface area contributed by atoms with Gasteiger partial charge in [0.2, 0.25) is 0 Å². The van der Waals surface area contributed by atoms with Gasteiger partial charge in [-0.05, 0) is 24.7 Å². The smallest absolute Gasteiger partial charge is 0.0774 e. The summed E-state index contributed by atoms with van der Waals surface area (Å²) in [6, 6.07) is 0. The fourth-order valence-corrected chi connectivity index (χ4v) is 1.77. The largest absolute Gasteiger partial charge is 0.389 e. The number of aliphatic hydroxyl groups is 1. The van der Waals surface area contributed by atoms with Crippen LogP contribution in [0.15, 0.2) is 0 Å². The van der Waals surface area contributed by atoms with Gasteiger partial charge in [-0.3, -0.25) is 0 Å². The van der Waals surface area contributed by atoms with Gasteiger partial charge in [0.05, 0.1) is 5.60 Å². The molecule has 0 aliphatic rings. The number of hydrogen-bond acceptors (Lipinski definition) is 2. The van der Waals surface area contributed by atoms with Gasteiger partial charge in [0.25, 0.3) is 0 Å². The standard InChI is InChI=1S/C10H23NO/c1-8(2)5-10(12,7-11)6-9(3)4/h8-9,12H,5-7,11H2,1-4H3. The number of nitrogens with two attached hydrogens (primary N) is 1. The van der Waals surface area contributed by atoms with E-state index in [-0.39, 0.29) is 0 Å². The Morgan fingerprint density at radius 1 is 1.08 bits per heavy atom. The van der Waals surface area contributed by atoms with Crippen LogP contribution in [0.25, 0.3) is 0 Å². The molecule has 0 aromatic rings. The zero-order chi connectivity index (χ0) is 9.78. The highest BCUT2D eigenvalue weighted by Gasteiger charge is 2.26. The average molecular weight is 173 g/mol. The molecule has 74 valence electrons. The van der Waals surface area contributed by atoms with Crippen LogP contribution in [0.4, 0.5) is 0 Å². The molecule has 0 heterocycles. The first kappa shape index (κ1) is 11.9. The molecule has 0 unspecified atom stereocenters. The molecule has 0 spiro atoms. The van der Waals surface area contributed by atoms with Crippen molar-refractivity contribution >= 4 is 0 Å². The maximum absolute atomic E-state index is 10.0. The maximum Gasteiger partial charge on any atom is 0.0774 e. The molecule has 0 radical (unpaired) electrons. The highest BCUT2D eigenvalue weighted by molar-refractivity contribution is 4.81. The fraction of sp³-hybridized carbons (Fsp3) is 1.00. The van der Waals surface area contributed by atoms with Crippen molar-refractivity contribution in [3.63, 3.8) is 0 Å². The number of rotatable bonds is 5. The van der Waals surface area contributed by atoms with Crippen molar-refractivity contribution in [1.29, 1.82) is 0 Å². The summed E-state index contributed by atoms with van der Waals surface area (Å²) in [6.45, 7) is 8.83. The predicted molar refractivity (Wildman–Crippen MR) is 52.9 cm³/mol. The van der Waals surface area contributed by atoms with Gasteiger partial charge in [-0.1, -0.05) is 27.7 Å². The van der Waals surface area contributed by atoms with Gasteiger partial charge < -0.3 is 10.8 Å². The summed E-state index contributed by atoms with van der Waals surface area (Å²) in [5.41, 5.74) is 4.92. The van der Waals surface area contributed by atoms with Crippen LogP contribution in [0.2, 0.25) is 0 Å². The lowest BCUT2D eigenvalue weighted by atomic mass is 9.85. The third-order valence-corrected chi connectivity index (χ3v) is 1.96. The van der Waals surface area contributed by atoms with E-state index in [0.717, 1.165) is 12.8 Å². The molecule has 2 nitrogen and oxygen atoms in total. The lowest BCUT2D eigenvalue weighted by molar-refractivity contribution is 0.00893. The summed E-state index contributed by atoms with van der Waals surface area (Å²) >= 11 is 0. The minimum atomic E-state index is -0.637. The second-order valence-corrected chi connectivity index (χ2v) is 4.62. The van der Waals surface area contributed by atoms with Crippen LogP contribution in [0.5, 0.6) is 0 Å². The van der Waals surface area contributed by atoms with E-state index in [0.29, 0.717) is 18.4 Å². The first-order valence-electron chi connectivity index (χ1n) is 4.82. The maximum atomic E-state index is 10.0. The lowest BCUT2D eigenvalue weighted by Crippen LogP contribution is -2.40. The van der Waals surface area contributed by atoms with Crippen LogP contribution in [-0.2, 0) is 0 Å². The van der Waals surface area contributed by atoms with Gasteiger partial charge in [-0.2, -0.15) is 0 Å². The van der Waals surface area contributed by atoms with Crippen LogP contribution < -0.4 is 5.73 Å². The van der Waals surface area contributed by atoms with E-state index >= 15 is 0 Å². The number of hydrogen-bond donors (Lipinski definition) is 2. The summed E-state index contributed by atoms with van der Waals surface area (Å²) < 4.78 is 0. The Labute approximate surface area is 76.2 Å². The van der Waals surface area contributed by atoms with Crippen molar-refractivity contribution in [2.75, 3.05) is 6.54 Å². The van der Waals surface area contributed by atoms with Crippen molar-refractivity contribution in [1.82, 2.24) is 0 Å². The van der Waals surface area contributed by atoms with Crippen molar-refractivity contribution in [2.45, 2.75) is 46.1 Å². The molecule has 2 heteroatoms. The second-order valence-electron chi connectivity index (χ2n) is 4.62. The van der Waals surface area contributed by atoms with Crippen LogP contribution in [0, 0.1) is 11.8 Å². The Morgan fingerprint density at radius 2 is 1.42 bits per heavy atom. The van der Waals surface area contributed by atoms with E-state index in [2.05, 4.69) is 27.7 Å². The van der Waals surface area contributed by atoms with Gasteiger partial charge in [0.15, 0.2) is 0 Å². The zero-order valence-electron chi connectivity index (χ0n) is 8.80. The van der Waals surface area contributed by atoms with E-state index < -0.39 is 5.60 Å². The molecule has 0 bridgehead atoms.